The summed E-state index contributed by atoms with van der Waals surface area (Å²) in [5.41, 5.74) is 2.91. The number of fused-ring (bicyclic) bond motifs is 1. The maximum atomic E-state index is 11.8. The summed E-state index contributed by atoms with van der Waals surface area (Å²) in [6.07, 6.45) is 1.66. The van der Waals surface area contributed by atoms with Crippen LogP contribution in [-0.2, 0) is 16.3 Å². The highest BCUT2D eigenvalue weighted by molar-refractivity contribution is 7.90. The first-order chi connectivity index (χ1) is 14.2. The lowest BCUT2D eigenvalue weighted by molar-refractivity contribution is 0.502. The molecular formula is C22H14Cl4O3S. The Labute approximate surface area is 194 Å². The minimum absolute atomic E-state index is 0.205. The predicted molar refractivity (Wildman–Crippen MR) is 124 cm³/mol. The largest absolute Gasteiger partial charge is 0.456 e. The van der Waals surface area contributed by atoms with Crippen molar-refractivity contribution in [1.82, 2.24) is 0 Å². The zero-order valence-corrected chi connectivity index (χ0v) is 19.4. The van der Waals surface area contributed by atoms with Crippen LogP contribution in [0.15, 0.2) is 59.5 Å². The Bertz CT molecular complexity index is 1300. The normalized spacial score (nSPS) is 13.8. The fraction of sp³-hybridized carbons (Fsp3) is 0.0909. The number of hydrogen-bond acceptors (Lipinski definition) is 3. The van der Waals surface area contributed by atoms with E-state index in [1.165, 1.54) is 12.1 Å². The fourth-order valence-electron chi connectivity index (χ4n) is 3.32. The third-order valence-corrected chi connectivity index (χ3v) is 7.48. The molecule has 0 radical (unpaired) electrons. The first kappa shape index (κ1) is 21.5. The number of rotatable bonds is 3. The Kier molecular flexibility index (Phi) is 5.82. The molecule has 0 bridgehead atoms. The van der Waals surface area contributed by atoms with Crippen molar-refractivity contribution >= 4 is 67.6 Å². The average molecular weight is 500 g/mol. The number of sulfone groups is 1. The molecular weight excluding hydrogens is 486 g/mol. The van der Waals surface area contributed by atoms with E-state index >= 15 is 0 Å². The zero-order valence-electron chi connectivity index (χ0n) is 15.5. The Morgan fingerprint density at radius 1 is 0.867 bits per heavy atom. The fourth-order valence-corrected chi connectivity index (χ4v) is 5.09. The summed E-state index contributed by atoms with van der Waals surface area (Å²) in [6.45, 7) is 0. The van der Waals surface area contributed by atoms with Crippen molar-refractivity contribution in [3.8, 4) is 5.75 Å². The van der Waals surface area contributed by atoms with Crippen molar-refractivity contribution in [2.24, 2.45) is 0 Å². The first-order valence-electron chi connectivity index (χ1n) is 8.79. The van der Waals surface area contributed by atoms with Crippen LogP contribution in [-0.4, -0.2) is 14.7 Å². The molecule has 0 spiro atoms. The molecule has 0 N–H and O–H groups in total. The highest BCUT2D eigenvalue weighted by atomic mass is 35.5. The van der Waals surface area contributed by atoms with Crippen LogP contribution >= 0.6 is 46.4 Å². The van der Waals surface area contributed by atoms with E-state index in [1.807, 2.05) is 24.3 Å². The Morgan fingerprint density at radius 3 is 2.20 bits per heavy atom. The second-order valence-corrected chi connectivity index (χ2v) is 10.4. The van der Waals surface area contributed by atoms with Gasteiger partial charge in [-0.05, 0) is 42.0 Å². The van der Waals surface area contributed by atoms with Crippen LogP contribution in [0, 0.1) is 0 Å². The van der Waals surface area contributed by atoms with Crippen molar-refractivity contribution in [1.29, 1.82) is 0 Å². The van der Waals surface area contributed by atoms with Crippen molar-refractivity contribution in [2.75, 3.05) is 6.26 Å². The van der Waals surface area contributed by atoms with Crippen LogP contribution in [0.3, 0.4) is 0 Å². The molecule has 1 aliphatic heterocycles. The quantitative estimate of drug-likeness (QED) is 0.282. The molecule has 1 aliphatic rings. The van der Waals surface area contributed by atoms with Gasteiger partial charge >= 0.3 is 0 Å². The maximum Gasteiger partial charge on any atom is 0.175 e. The van der Waals surface area contributed by atoms with Gasteiger partial charge in [0.05, 0.1) is 25.0 Å². The molecule has 154 valence electrons. The molecule has 0 atom stereocenters. The van der Waals surface area contributed by atoms with Gasteiger partial charge in [-0.3, -0.25) is 0 Å². The van der Waals surface area contributed by atoms with Gasteiger partial charge in [0, 0.05) is 29.4 Å². The second kappa shape index (κ2) is 8.10. The van der Waals surface area contributed by atoms with E-state index in [2.05, 4.69) is 0 Å². The van der Waals surface area contributed by atoms with E-state index in [1.54, 1.807) is 18.2 Å². The van der Waals surface area contributed by atoms with Gasteiger partial charge in [-0.1, -0.05) is 64.6 Å². The van der Waals surface area contributed by atoms with Gasteiger partial charge in [0.25, 0.3) is 0 Å². The Balaban J connectivity index is 1.96. The van der Waals surface area contributed by atoms with Crippen LogP contribution in [0.5, 0.6) is 5.75 Å². The second-order valence-electron chi connectivity index (χ2n) is 6.83. The molecule has 1 heterocycles. The monoisotopic (exact) mass is 498 g/mol. The number of hydrogen-bond donors (Lipinski definition) is 0. The van der Waals surface area contributed by atoms with Gasteiger partial charge < -0.3 is 4.74 Å². The van der Waals surface area contributed by atoms with Crippen molar-refractivity contribution in [3.05, 3.63) is 91.4 Å². The molecule has 3 nitrogen and oxygen atoms in total. The van der Waals surface area contributed by atoms with E-state index in [4.69, 9.17) is 51.1 Å². The Hall–Kier alpha value is -1.69. The smallest absolute Gasteiger partial charge is 0.175 e. The minimum Gasteiger partial charge on any atom is -0.456 e. The van der Waals surface area contributed by atoms with E-state index in [-0.39, 0.29) is 20.0 Å². The van der Waals surface area contributed by atoms with Gasteiger partial charge in [-0.25, -0.2) is 8.42 Å². The average Bonchev–Trinajstić information content (AvgIpc) is 2.71. The maximum absolute atomic E-state index is 11.8. The molecule has 0 amide bonds. The number of allylic oxidation sites excluding steroid dienone is 1. The molecule has 0 unspecified atom stereocenters. The molecule has 0 aromatic heterocycles. The summed E-state index contributed by atoms with van der Waals surface area (Å²) >= 11 is 25.4. The molecule has 0 saturated carbocycles. The molecule has 0 saturated heterocycles. The number of benzene rings is 3. The van der Waals surface area contributed by atoms with Gasteiger partial charge in [0.15, 0.2) is 9.84 Å². The van der Waals surface area contributed by atoms with Crippen molar-refractivity contribution < 1.29 is 13.2 Å². The third-order valence-electron chi connectivity index (χ3n) is 4.79. The number of para-hydroxylation sites is 1. The zero-order chi connectivity index (χ0) is 21.6. The van der Waals surface area contributed by atoms with Gasteiger partial charge in [-0.15, -0.1) is 0 Å². The molecule has 8 heteroatoms. The highest BCUT2D eigenvalue weighted by Gasteiger charge is 2.27. The number of halogens is 4. The van der Waals surface area contributed by atoms with E-state index in [0.29, 0.717) is 34.1 Å². The lowest BCUT2D eigenvalue weighted by atomic mass is 9.92. The van der Waals surface area contributed by atoms with Crippen LogP contribution < -0.4 is 4.74 Å². The summed E-state index contributed by atoms with van der Waals surface area (Å²) in [5, 5.41) is 1.04. The van der Waals surface area contributed by atoms with Crippen LogP contribution in [0.25, 0.3) is 11.3 Å². The molecule has 0 aliphatic carbocycles. The predicted octanol–water partition coefficient (Wildman–Crippen LogP) is 7.21. The SMILES string of the molecule is CS(=O)(=O)c1ccc(C2=C(c3c(Cl)cc(Cl)c(Cl)c3Cl)Cc3ccccc3O2)cc1. The highest BCUT2D eigenvalue weighted by Crippen LogP contribution is 2.46. The number of ether oxygens (including phenoxy) is 1. The van der Waals surface area contributed by atoms with Crippen molar-refractivity contribution in [3.63, 3.8) is 0 Å². The van der Waals surface area contributed by atoms with Gasteiger partial charge in [0.1, 0.15) is 11.5 Å². The third kappa shape index (κ3) is 3.95. The van der Waals surface area contributed by atoms with Gasteiger partial charge in [0.2, 0.25) is 0 Å². The summed E-state index contributed by atoms with van der Waals surface area (Å²) < 4.78 is 29.9. The summed E-state index contributed by atoms with van der Waals surface area (Å²) in [7, 11) is -3.32. The van der Waals surface area contributed by atoms with E-state index in [9.17, 15) is 8.42 Å². The minimum atomic E-state index is -3.32. The summed E-state index contributed by atoms with van der Waals surface area (Å²) in [6, 6.07) is 15.6. The lowest BCUT2D eigenvalue weighted by Crippen LogP contribution is -2.10. The first-order valence-corrected chi connectivity index (χ1v) is 12.2. The van der Waals surface area contributed by atoms with Crippen LogP contribution in [0.4, 0.5) is 0 Å². The standard InChI is InChI=1S/C22H14Cl4O3S/c1-30(27,28)14-8-6-12(7-9-14)22-15(10-13-4-2-3-5-18(13)29-22)19-16(23)11-17(24)20(25)21(19)26/h2-9,11H,10H2,1H3. The summed E-state index contributed by atoms with van der Waals surface area (Å²) in [4.78, 5) is 0.218. The molecule has 3 aromatic carbocycles. The lowest BCUT2D eigenvalue weighted by Gasteiger charge is -2.25. The molecule has 0 fully saturated rings. The molecule has 30 heavy (non-hydrogen) atoms. The molecule has 4 rings (SSSR count). The van der Waals surface area contributed by atoms with Crippen molar-refractivity contribution in [2.45, 2.75) is 11.3 Å². The topological polar surface area (TPSA) is 43.4 Å². The Morgan fingerprint density at radius 2 is 1.53 bits per heavy atom. The molecule has 3 aromatic rings. The van der Waals surface area contributed by atoms with Crippen LogP contribution in [0.1, 0.15) is 16.7 Å². The van der Waals surface area contributed by atoms with E-state index < -0.39 is 9.84 Å². The van der Waals surface area contributed by atoms with Gasteiger partial charge in [-0.2, -0.15) is 0 Å². The summed E-state index contributed by atoms with van der Waals surface area (Å²) in [5.74, 6) is 1.23. The van der Waals surface area contributed by atoms with E-state index in [0.717, 1.165) is 17.4 Å². The van der Waals surface area contributed by atoms with Crippen LogP contribution in [0.2, 0.25) is 20.1 Å².